The van der Waals surface area contributed by atoms with Gasteiger partial charge in [0.25, 0.3) is 0 Å². The zero-order chi connectivity index (χ0) is 16.2. The van der Waals surface area contributed by atoms with E-state index in [-0.39, 0.29) is 24.3 Å². The third kappa shape index (κ3) is 4.71. The second-order valence-corrected chi connectivity index (χ2v) is 6.54. The topological polar surface area (TPSA) is 67.4 Å². The van der Waals surface area contributed by atoms with Crippen molar-refractivity contribution in [3.63, 3.8) is 0 Å². The summed E-state index contributed by atoms with van der Waals surface area (Å²) in [5, 5.41) is 5.62. The van der Waals surface area contributed by atoms with E-state index in [9.17, 15) is 9.59 Å². The van der Waals surface area contributed by atoms with Crippen LogP contribution in [0.5, 0.6) is 5.75 Å². The summed E-state index contributed by atoms with van der Waals surface area (Å²) in [6, 6.07) is 8.28. The monoisotopic (exact) mass is 316 g/mol. The van der Waals surface area contributed by atoms with Crippen LogP contribution >= 0.6 is 0 Å². The Morgan fingerprint density at radius 3 is 2.39 bits per heavy atom. The maximum atomic E-state index is 12.2. The van der Waals surface area contributed by atoms with Crippen LogP contribution in [0.25, 0.3) is 0 Å². The van der Waals surface area contributed by atoms with Crippen LogP contribution in [0.15, 0.2) is 24.3 Å². The number of ether oxygens (including phenoxy) is 1. The quantitative estimate of drug-likeness (QED) is 0.770. The van der Waals surface area contributed by atoms with Crippen LogP contribution in [0, 0.1) is 5.92 Å². The first-order valence-corrected chi connectivity index (χ1v) is 8.35. The molecular weight excluding hydrogens is 292 g/mol. The number of amides is 2. The molecule has 0 radical (unpaired) electrons. The molecule has 0 aliphatic heterocycles. The largest absolute Gasteiger partial charge is 0.497 e. The second-order valence-electron chi connectivity index (χ2n) is 6.54. The van der Waals surface area contributed by atoms with Gasteiger partial charge >= 0.3 is 0 Å². The first kappa shape index (κ1) is 15.8. The number of hydrogen-bond acceptors (Lipinski definition) is 3. The zero-order valence-electron chi connectivity index (χ0n) is 13.5. The number of carbonyl (C=O) groups is 2. The molecule has 0 bridgehead atoms. The SMILES string of the molecule is COc1ccc(C(CC(=O)NCC(=O)NC2CC2)C2CC2)cc1. The fraction of sp³-hybridized carbons (Fsp3) is 0.556. The summed E-state index contributed by atoms with van der Waals surface area (Å²) in [7, 11) is 1.65. The van der Waals surface area contributed by atoms with Crippen molar-refractivity contribution in [3.8, 4) is 5.75 Å². The van der Waals surface area contributed by atoms with Gasteiger partial charge in [0.1, 0.15) is 5.75 Å². The molecule has 124 valence electrons. The van der Waals surface area contributed by atoms with E-state index in [2.05, 4.69) is 10.6 Å². The molecule has 1 atom stereocenters. The van der Waals surface area contributed by atoms with Crippen molar-refractivity contribution in [1.82, 2.24) is 10.6 Å². The molecular formula is C18H24N2O3. The molecule has 1 unspecified atom stereocenters. The molecule has 0 aromatic heterocycles. The van der Waals surface area contributed by atoms with Crippen LogP contribution in [0.4, 0.5) is 0 Å². The Balaban J connectivity index is 1.51. The van der Waals surface area contributed by atoms with Crippen molar-refractivity contribution in [1.29, 1.82) is 0 Å². The highest BCUT2D eigenvalue weighted by Crippen LogP contribution is 2.44. The molecule has 0 saturated heterocycles. The lowest BCUT2D eigenvalue weighted by Crippen LogP contribution is -2.38. The Bertz CT molecular complexity index is 562. The lowest BCUT2D eigenvalue weighted by atomic mass is 9.90. The van der Waals surface area contributed by atoms with Gasteiger partial charge in [-0.25, -0.2) is 0 Å². The predicted molar refractivity (Wildman–Crippen MR) is 87.3 cm³/mol. The van der Waals surface area contributed by atoms with E-state index in [4.69, 9.17) is 4.74 Å². The molecule has 2 aliphatic carbocycles. The molecule has 23 heavy (non-hydrogen) atoms. The van der Waals surface area contributed by atoms with Gasteiger partial charge in [0.15, 0.2) is 0 Å². The summed E-state index contributed by atoms with van der Waals surface area (Å²) >= 11 is 0. The highest BCUT2D eigenvalue weighted by atomic mass is 16.5. The zero-order valence-corrected chi connectivity index (χ0v) is 13.5. The molecule has 1 aromatic carbocycles. The maximum absolute atomic E-state index is 12.2. The van der Waals surface area contributed by atoms with Gasteiger partial charge in [-0.3, -0.25) is 9.59 Å². The molecule has 2 saturated carbocycles. The van der Waals surface area contributed by atoms with Crippen LogP contribution in [-0.4, -0.2) is 31.5 Å². The number of methoxy groups -OCH3 is 1. The van der Waals surface area contributed by atoms with Crippen molar-refractivity contribution in [2.75, 3.05) is 13.7 Å². The van der Waals surface area contributed by atoms with Gasteiger partial charge in [-0.2, -0.15) is 0 Å². The molecule has 5 nitrogen and oxygen atoms in total. The second kappa shape index (κ2) is 7.02. The van der Waals surface area contributed by atoms with Crippen molar-refractivity contribution in [2.45, 2.75) is 44.1 Å². The van der Waals surface area contributed by atoms with Crippen molar-refractivity contribution >= 4 is 11.8 Å². The summed E-state index contributed by atoms with van der Waals surface area (Å²) in [4.78, 5) is 23.8. The van der Waals surface area contributed by atoms with Crippen LogP contribution in [0.1, 0.15) is 43.6 Å². The van der Waals surface area contributed by atoms with Gasteiger partial charge in [-0.15, -0.1) is 0 Å². The van der Waals surface area contributed by atoms with E-state index in [1.165, 1.54) is 18.4 Å². The summed E-state index contributed by atoms with van der Waals surface area (Å²) in [5.41, 5.74) is 1.17. The standard InChI is InChI=1S/C18H24N2O3/c1-23-15-8-4-13(5-9-15)16(12-2-3-12)10-17(21)19-11-18(22)20-14-6-7-14/h4-5,8-9,12,14,16H,2-3,6-7,10-11H2,1H3,(H,19,21)(H,20,22). The summed E-state index contributed by atoms with van der Waals surface area (Å²) in [5.74, 6) is 1.49. The molecule has 1 aromatic rings. The van der Waals surface area contributed by atoms with Crippen LogP contribution < -0.4 is 15.4 Å². The number of rotatable bonds is 8. The van der Waals surface area contributed by atoms with Gasteiger partial charge in [-0.1, -0.05) is 12.1 Å². The van der Waals surface area contributed by atoms with E-state index < -0.39 is 0 Å². The molecule has 0 heterocycles. The molecule has 5 heteroatoms. The van der Waals surface area contributed by atoms with E-state index in [0.29, 0.717) is 18.4 Å². The first-order chi connectivity index (χ1) is 11.2. The van der Waals surface area contributed by atoms with Gasteiger partial charge in [0.05, 0.1) is 13.7 Å². The number of hydrogen-bond donors (Lipinski definition) is 2. The molecule has 3 rings (SSSR count). The van der Waals surface area contributed by atoms with Crippen LogP contribution in [0.3, 0.4) is 0 Å². The minimum Gasteiger partial charge on any atom is -0.497 e. The Hall–Kier alpha value is -2.04. The lowest BCUT2D eigenvalue weighted by molar-refractivity contribution is -0.126. The average Bonchev–Trinajstić information content (AvgIpc) is 3.44. The Kier molecular flexibility index (Phi) is 4.84. The van der Waals surface area contributed by atoms with Crippen molar-refractivity contribution in [2.24, 2.45) is 5.92 Å². The predicted octanol–water partition coefficient (Wildman–Crippen LogP) is 1.97. The van der Waals surface area contributed by atoms with Crippen LogP contribution in [-0.2, 0) is 9.59 Å². The molecule has 2 N–H and O–H groups in total. The van der Waals surface area contributed by atoms with Crippen LogP contribution in [0.2, 0.25) is 0 Å². The third-order valence-corrected chi connectivity index (χ3v) is 4.53. The summed E-state index contributed by atoms with van der Waals surface area (Å²) in [6.45, 7) is 0.0787. The number of nitrogens with one attached hydrogen (secondary N) is 2. The minimum absolute atomic E-state index is 0.0522. The fourth-order valence-electron chi connectivity index (χ4n) is 2.86. The maximum Gasteiger partial charge on any atom is 0.239 e. The Morgan fingerprint density at radius 2 is 1.83 bits per heavy atom. The lowest BCUT2D eigenvalue weighted by Gasteiger charge is -2.17. The first-order valence-electron chi connectivity index (χ1n) is 8.35. The van der Waals surface area contributed by atoms with E-state index >= 15 is 0 Å². The molecule has 0 spiro atoms. The van der Waals surface area contributed by atoms with Gasteiger partial charge < -0.3 is 15.4 Å². The number of carbonyl (C=O) groups excluding carboxylic acids is 2. The molecule has 2 amide bonds. The highest BCUT2D eigenvalue weighted by Gasteiger charge is 2.33. The Morgan fingerprint density at radius 1 is 1.13 bits per heavy atom. The fourth-order valence-corrected chi connectivity index (χ4v) is 2.86. The molecule has 2 aliphatic rings. The average molecular weight is 316 g/mol. The van der Waals surface area contributed by atoms with Gasteiger partial charge in [0.2, 0.25) is 11.8 Å². The molecule has 2 fully saturated rings. The normalized spacial score (nSPS) is 18.1. The smallest absolute Gasteiger partial charge is 0.239 e. The Labute approximate surface area is 136 Å². The summed E-state index contributed by atoms with van der Waals surface area (Å²) < 4.78 is 5.18. The third-order valence-electron chi connectivity index (χ3n) is 4.53. The van der Waals surface area contributed by atoms with Gasteiger partial charge in [-0.05, 0) is 55.2 Å². The van der Waals surface area contributed by atoms with E-state index in [0.717, 1.165) is 18.6 Å². The van der Waals surface area contributed by atoms with Gasteiger partial charge in [0, 0.05) is 12.5 Å². The summed E-state index contributed by atoms with van der Waals surface area (Å²) in [6.07, 6.45) is 4.90. The van der Waals surface area contributed by atoms with E-state index in [1.54, 1.807) is 7.11 Å². The minimum atomic E-state index is -0.0896. The highest BCUT2D eigenvalue weighted by molar-refractivity contribution is 5.85. The van der Waals surface area contributed by atoms with Crippen molar-refractivity contribution in [3.05, 3.63) is 29.8 Å². The van der Waals surface area contributed by atoms with E-state index in [1.807, 2.05) is 24.3 Å². The number of benzene rings is 1. The van der Waals surface area contributed by atoms with Crippen molar-refractivity contribution < 1.29 is 14.3 Å².